The molecule has 2 rings (SSSR count). The maximum absolute atomic E-state index is 13.5. The van der Waals surface area contributed by atoms with Crippen LogP contribution in [-0.4, -0.2) is 48.3 Å². The van der Waals surface area contributed by atoms with Gasteiger partial charge in [0.2, 0.25) is 11.6 Å². The zero-order valence-corrected chi connectivity index (χ0v) is 11.8. The first-order valence-electron chi connectivity index (χ1n) is 6.69. The molecule has 1 aliphatic rings. The van der Waals surface area contributed by atoms with Gasteiger partial charge in [-0.2, -0.15) is 22.5 Å². The highest BCUT2D eigenvalue weighted by Gasteiger charge is 2.25. The lowest BCUT2D eigenvalue weighted by Crippen LogP contribution is -2.50. The smallest absolute Gasteiger partial charge is 0.253 e. The van der Waals surface area contributed by atoms with Crippen molar-refractivity contribution >= 4 is 5.69 Å². The Kier molecular flexibility index (Phi) is 5.00. The SMILES string of the molecule is CC(CNc1c(F)c(F)nc(F)c1F)N1CCOCC1C. The van der Waals surface area contributed by atoms with Gasteiger partial charge in [-0.1, -0.05) is 0 Å². The highest BCUT2D eigenvalue weighted by molar-refractivity contribution is 5.45. The summed E-state index contributed by atoms with van der Waals surface area (Å²) in [4.78, 5) is 4.61. The van der Waals surface area contributed by atoms with Crippen molar-refractivity contribution in [1.82, 2.24) is 9.88 Å². The third-order valence-corrected chi connectivity index (χ3v) is 3.56. The molecule has 8 heteroatoms. The maximum atomic E-state index is 13.5. The standard InChI is InChI=1S/C13H17F4N3O/c1-7(20-3-4-21-6-8(20)2)5-18-11-9(14)12(16)19-13(17)10(11)15/h7-8H,3-6H2,1-2H3,(H,18,19). The van der Waals surface area contributed by atoms with Gasteiger partial charge in [0.1, 0.15) is 5.69 Å². The first-order chi connectivity index (χ1) is 9.91. The Morgan fingerprint density at radius 1 is 1.29 bits per heavy atom. The average molecular weight is 307 g/mol. The molecule has 1 aliphatic heterocycles. The summed E-state index contributed by atoms with van der Waals surface area (Å²) in [5, 5.41) is 2.43. The summed E-state index contributed by atoms with van der Waals surface area (Å²) in [6.07, 6.45) is 0. The minimum absolute atomic E-state index is 0.0815. The summed E-state index contributed by atoms with van der Waals surface area (Å²) in [5.74, 6) is -6.36. The lowest BCUT2D eigenvalue weighted by molar-refractivity contribution is -0.0159. The van der Waals surface area contributed by atoms with Crippen LogP contribution in [0.15, 0.2) is 0 Å². The van der Waals surface area contributed by atoms with Crippen LogP contribution in [0.25, 0.3) is 0 Å². The molecule has 1 aromatic rings. The van der Waals surface area contributed by atoms with E-state index in [-0.39, 0.29) is 18.6 Å². The van der Waals surface area contributed by atoms with E-state index in [2.05, 4.69) is 15.2 Å². The van der Waals surface area contributed by atoms with Crippen LogP contribution in [0.5, 0.6) is 0 Å². The summed E-state index contributed by atoms with van der Waals surface area (Å²) in [6, 6.07) is 0.0816. The molecule has 4 nitrogen and oxygen atoms in total. The lowest BCUT2D eigenvalue weighted by Gasteiger charge is -2.38. The van der Waals surface area contributed by atoms with Crippen LogP contribution in [-0.2, 0) is 4.74 Å². The second-order valence-corrected chi connectivity index (χ2v) is 5.09. The number of aromatic nitrogens is 1. The van der Waals surface area contributed by atoms with Gasteiger partial charge in [0, 0.05) is 25.2 Å². The van der Waals surface area contributed by atoms with Crippen LogP contribution in [0.3, 0.4) is 0 Å². The van der Waals surface area contributed by atoms with Crippen LogP contribution >= 0.6 is 0 Å². The Hall–Kier alpha value is -1.41. The number of hydrogen-bond donors (Lipinski definition) is 1. The Balaban J connectivity index is 2.06. The van der Waals surface area contributed by atoms with E-state index < -0.39 is 29.2 Å². The molecule has 21 heavy (non-hydrogen) atoms. The van der Waals surface area contributed by atoms with Gasteiger partial charge >= 0.3 is 0 Å². The maximum Gasteiger partial charge on any atom is 0.253 e. The monoisotopic (exact) mass is 307 g/mol. The molecule has 0 aromatic carbocycles. The van der Waals surface area contributed by atoms with Crippen molar-refractivity contribution < 1.29 is 22.3 Å². The summed E-state index contributed by atoms with van der Waals surface area (Å²) in [5.41, 5.74) is -0.826. The van der Waals surface area contributed by atoms with E-state index in [4.69, 9.17) is 4.74 Å². The molecule has 0 bridgehead atoms. The summed E-state index contributed by atoms with van der Waals surface area (Å²) < 4.78 is 58.3. The summed E-state index contributed by atoms with van der Waals surface area (Å²) in [6.45, 7) is 5.82. The highest BCUT2D eigenvalue weighted by Crippen LogP contribution is 2.22. The number of rotatable bonds is 4. The number of hydrogen-bond acceptors (Lipinski definition) is 4. The predicted octanol–water partition coefficient (Wildman–Crippen LogP) is 2.16. The molecular formula is C13H17F4N3O. The fraction of sp³-hybridized carbons (Fsp3) is 0.615. The molecule has 2 heterocycles. The average Bonchev–Trinajstić information content (AvgIpc) is 2.45. The second kappa shape index (κ2) is 6.57. The van der Waals surface area contributed by atoms with E-state index in [0.29, 0.717) is 19.8 Å². The minimum Gasteiger partial charge on any atom is -0.379 e. The zero-order valence-electron chi connectivity index (χ0n) is 11.8. The predicted molar refractivity (Wildman–Crippen MR) is 69.0 cm³/mol. The number of pyridine rings is 1. The minimum atomic E-state index is -1.66. The van der Waals surface area contributed by atoms with E-state index in [1.54, 1.807) is 0 Å². The van der Waals surface area contributed by atoms with Gasteiger partial charge in [0.25, 0.3) is 11.9 Å². The van der Waals surface area contributed by atoms with E-state index in [9.17, 15) is 17.6 Å². The van der Waals surface area contributed by atoms with Crippen LogP contribution in [0.2, 0.25) is 0 Å². The van der Waals surface area contributed by atoms with Crippen LogP contribution < -0.4 is 5.32 Å². The van der Waals surface area contributed by atoms with Crippen molar-refractivity contribution in [3.8, 4) is 0 Å². The molecule has 2 atom stereocenters. The topological polar surface area (TPSA) is 37.4 Å². The molecule has 0 spiro atoms. The van der Waals surface area contributed by atoms with E-state index in [1.807, 2.05) is 13.8 Å². The molecule has 1 saturated heterocycles. The number of halogens is 4. The molecule has 118 valence electrons. The van der Waals surface area contributed by atoms with E-state index >= 15 is 0 Å². The molecular weight excluding hydrogens is 290 g/mol. The van der Waals surface area contributed by atoms with Gasteiger partial charge in [0.05, 0.1) is 13.2 Å². The van der Waals surface area contributed by atoms with Gasteiger partial charge in [-0.25, -0.2) is 0 Å². The highest BCUT2D eigenvalue weighted by atomic mass is 19.2. The lowest BCUT2D eigenvalue weighted by atomic mass is 10.2. The zero-order chi connectivity index (χ0) is 15.6. The van der Waals surface area contributed by atoms with Crippen LogP contribution in [0, 0.1) is 23.5 Å². The van der Waals surface area contributed by atoms with Gasteiger partial charge in [-0.3, -0.25) is 4.90 Å². The summed E-state index contributed by atoms with van der Waals surface area (Å²) >= 11 is 0. The normalized spacial score (nSPS) is 21.3. The van der Waals surface area contributed by atoms with Crippen molar-refractivity contribution in [1.29, 1.82) is 0 Å². The first kappa shape index (κ1) is 16.0. The van der Waals surface area contributed by atoms with Gasteiger partial charge in [0.15, 0.2) is 0 Å². The first-order valence-corrected chi connectivity index (χ1v) is 6.69. The fourth-order valence-electron chi connectivity index (χ4n) is 2.40. The summed E-state index contributed by atoms with van der Waals surface area (Å²) in [7, 11) is 0. The Bertz CT molecular complexity index is 488. The largest absolute Gasteiger partial charge is 0.379 e. The van der Waals surface area contributed by atoms with E-state index in [1.165, 1.54) is 0 Å². The number of ether oxygens (including phenoxy) is 1. The third-order valence-electron chi connectivity index (χ3n) is 3.56. The quantitative estimate of drug-likeness (QED) is 0.683. The molecule has 0 radical (unpaired) electrons. The van der Waals surface area contributed by atoms with Crippen LogP contribution in [0.1, 0.15) is 13.8 Å². The fourth-order valence-corrected chi connectivity index (χ4v) is 2.40. The van der Waals surface area contributed by atoms with E-state index in [0.717, 1.165) is 0 Å². The van der Waals surface area contributed by atoms with Crippen molar-refractivity contribution in [3.05, 3.63) is 23.5 Å². The molecule has 1 aromatic heterocycles. The number of nitrogens with one attached hydrogen (secondary N) is 1. The van der Waals surface area contributed by atoms with Crippen LogP contribution in [0.4, 0.5) is 23.2 Å². The van der Waals surface area contributed by atoms with Gasteiger partial charge in [-0.15, -0.1) is 0 Å². The molecule has 0 saturated carbocycles. The number of anilines is 1. The number of nitrogens with zero attached hydrogens (tertiary/aromatic N) is 2. The van der Waals surface area contributed by atoms with Gasteiger partial charge < -0.3 is 10.1 Å². The number of morpholine rings is 1. The van der Waals surface area contributed by atoms with Gasteiger partial charge in [-0.05, 0) is 13.8 Å². The van der Waals surface area contributed by atoms with Crippen molar-refractivity contribution in [2.24, 2.45) is 0 Å². The molecule has 1 N–H and O–H groups in total. The van der Waals surface area contributed by atoms with Crippen molar-refractivity contribution in [2.75, 3.05) is 31.6 Å². The molecule has 2 unspecified atom stereocenters. The Morgan fingerprint density at radius 3 is 2.48 bits per heavy atom. The van der Waals surface area contributed by atoms with Crippen molar-refractivity contribution in [2.45, 2.75) is 25.9 Å². The third kappa shape index (κ3) is 3.44. The Morgan fingerprint density at radius 2 is 1.90 bits per heavy atom. The Labute approximate surface area is 120 Å². The molecule has 1 fully saturated rings. The molecule has 0 amide bonds. The second-order valence-electron chi connectivity index (χ2n) is 5.09. The van der Waals surface area contributed by atoms with Crippen molar-refractivity contribution in [3.63, 3.8) is 0 Å². The molecule has 0 aliphatic carbocycles.